The smallest absolute Gasteiger partial charge is 0.282 e. The minimum Gasteiger partial charge on any atom is -0.376 e. The third-order valence-electron chi connectivity index (χ3n) is 6.58. The molecule has 0 amide bonds. The van der Waals surface area contributed by atoms with E-state index in [2.05, 4.69) is 5.32 Å². The number of thioether (sulfide) groups is 1. The first kappa shape index (κ1) is 23.0. The summed E-state index contributed by atoms with van der Waals surface area (Å²) in [5.74, 6) is -0.0445. The molecule has 0 unspecified atom stereocenters. The Bertz CT molecular complexity index is 1290. The molecular formula is C24H19Cl2N3O4S. The molecule has 0 bridgehead atoms. The number of nitrogens with zero attached hydrogens (tertiary/aromatic N) is 2. The Morgan fingerprint density at radius 1 is 0.971 bits per heavy atom. The normalized spacial score (nSPS) is 25.2. The minimum absolute atomic E-state index is 0.0204. The van der Waals surface area contributed by atoms with Gasteiger partial charge in [-0.05, 0) is 35.6 Å². The molecule has 0 radical (unpaired) electrons. The molecule has 7 nitrogen and oxygen atoms in total. The van der Waals surface area contributed by atoms with E-state index in [1.54, 1.807) is 36.4 Å². The minimum atomic E-state index is -0.406. The van der Waals surface area contributed by atoms with E-state index in [-0.39, 0.29) is 44.8 Å². The van der Waals surface area contributed by atoms with Crippen LogP contribution in [0.2, 0.25) is 5.02 Å². The second-order valence-corrected chi connectivity index (χ2v) is 10.6. The van der Waals surface area contributed by atoms with Gasteiger partial charge in [-0.25, -0.2) is 0 Å². The highest BCUT2D eigenvalue weighted by Crippen LogP contribution is 2.59. The van der Waals surface area contributed by atoms with Gasteiger partial charge in [0.25, 0.3) is 11.4 Å². The fraction of sp³-hybridized carbons (Fsp3) is 0.250. The topological polar surface area (TPSA) is 98.3 Å². The van der Waals surface area contributed by atoms with Crippen LogP contribution in [0.15, 0.2) is 71.6 Å². The molecule has 2 aliphatic rings. The number of nitro groups is 2. The third-order valence-corrected chi connectivity index (χ3v) is 9.00. The number of hydrogen-bond donors (Lipinski definition) is 1. The van der Waals surface area contributed by atoms with Crippen molar-refractivity contribution in [3.8, 4) is 0 Å². The Hall–Kier alpha value is -2.81. The number of fused-ring (bicyclic) bond motifs is 3. The van der Waals surface area contributed by atoms with Gasteiger partial charge in [-0.1, -0.05) is 48.0 Å². The number of benzene rings is 3. The van der Waals surface area contributed by atoms with Gasteiger partial charge in [-0.15, -0.1) is 23.4 Å². The lowest BCUT2D eigenvalue weighted by molar-refractivity contribution is -0.387. The first-order valence-corrected chi connectivity index (χ1v) is 12.4. The number of non-ortho nitro benzene ring substituents is 1. The summed E-state index contributed by atoms with van der Waals surface area (Å²) >= 11 is 15.0. The zero-order valence-electron chi connectivity index (χ0n) is 17.6. The molecule has 0 aromatic heterocycles. The number of para-hydroxylation sites is 2. The molecule has 3 aromatic carbocycles. The highest BCUT2D eigenvalue weighted by atomic mass is 35.5. The summed E-state index contributed by atoms with van der Waals surface area (Å²) in [6.45, 7) is 0. The molecule has 5 atom stereocenters. The molecule has 5 rings (SSSR count). The Kier molecular flexibility index (Phi) is 6.14. The number of alkyl halides is 1. The van der Waals surface area contributed by atoms with Crippen molar-refractivity contribution in [2.24, 2.45) is 5.92 Å². The molecule has 174 valence electrons. The van der Waals surface area contributed by atoms with Gasteiger partial charge in [0.05, 0.1) is 36.9 Å². The van der Waals surface area contributed by atoms with Gasteiger partial charge in [0.15, 0.2) is 0 Å². The summed E-state index contributed by atoms with van der Waals surface area (Å²) in [4.78, 5) is 22.7. The van der Waals surface area contributed by atoms with E-state index in [1.165, 1.54) is 23.9 Å². The molecule has 1 fully saturated rings. The van der Waals surface area contributed by atoms with Crippen LogP contribution < -0.4 is 5.32 Å². The number of halogens is 2. The van der Waals surface area contributed by atoms with E-state index in [9.17, 15) is 20.2 Å². The maximum Gasteiger partial charge on any atom is 0.282 e. The highest BCUT2D eigenvalue weighted by molar-refractivity contribution is 8.00. The maximum absolute atomic E-state index is 11.5. The summed E-state index contributed by atoms with van der Waals surface area (Å²) in [5, 5.41) is 26.6. The van der Waals surface area contributed by atoms with Crippen LogP contribution in [0.5, 0.6) is 0 Å². The molecule has 1 heterocycles. The summed E-state index contributed by atoms with van der Waals surface area (Å²) < 4.78 is 0. The predicted octanol–water partition coefficient (Wildman–Crippen LogP) is 7.20. The van der Waals surface area contributed by atoms with Gasteiger partial charge >= 0.3 is 0 Å². The van der Waals surface area contributed by atoms with Crippen LogP contribution in [0, 0.1) is 26.1 Å². The summed E-state index contributed by atoms with van der Waals surface area (Å²) in [6, 6.07) is 18.7. The average Bonchev–Trinajstić information content (AvgIpc) is 3.15. The molecule has 3 aromatic rings. The zero-order chi connectivity index (χ0) is 24.0. The Balaban J connectivity index is 1.55. The SMILES string of the molecule is O=[N+]([O-])c1cccc([C@@H]2Nc3c(Cl)cccc3[C@@H]3[C@H](Cl)[C@H](Sc4ccccc4[N+](=O)[O-])C[C@@H]32)c1. The maximum atomic E-state index is 11.5. The van der Waals surface area contributed by atoms with Gasteiger partial charge in [-0.3, -0.25) is 20.2 Å². The largest absolute Gasteiger partial charge is 0.376 e. The van der Waals surface area contributed by atoms with Crippen molar-refractivity contribution < 1.29 is 9.85 Å². The van der Waals surface area contributed by atoms with E-state index in [4.69, 9.17) is 23.2 Å². The molecule has 1 saturated carbocycles. The number of nitro benzene ring substituents is 2. The van der Waals surface area contributed by atoms with Crippen LogP contribution in [-0.2, 0) is 0 Å². The number of nitrogens with one attached hydrogen (secondary N) is 1. The van der Waals surface area contributed by atoms with Crippen LogP contribution in [-0.4, -0.2) is 20.5 Å². The van der Waals surface area contributed by atoms with E-state index >= 15 is 0 Å². The van der Waals surface area contributed by atoms with Crippen molar-refractivity contribution in [3.05, 3.63) is 103 Å². The second-order valence-electron chi connectivity index (χ2n) is 8.43. The van der Waals surface area contributed by atoms with Crippen LogP contribution in [0.25, 0.3) is 0 Å². The fourth-order valence-electron chi connectivity index (χ4n) is 5.14. The van der Waals surface area contributed by atoms with Gasteiger partial charge < -0.3 is 5.32 Å². The Morgan fingerprint density at radius 2 is 1.74 bits per heavy atom. The first-order chi connectivity index (χ1) is 16.3. The van der Waals surface area contributed by atoms with E-state index in [1.807, 2.05) is 18.2 Å². The van der Waals surface area contributed by atoms with Crippen LogP contribution in [0.1, 0.15) is 29.5 Å². The number of hydrogen-bond acceptors (Lipinski definition) is 6. The van der Waals surface area contributed by atoms with E-state index in [0.29, 0.717) is 16.3 Å². The van der Waals surface area contributed by atoms with E-state index < -0.39 is 4.92 Å². The molecule has 0 spiro atoms. The monoisotopic (exact) mass is 515 g/mol. The lowest BCUT2D eigenvalue weighted by Crippen LogP contribution is -2.31. The van der Waals surface area contributed by atoms with Crippen LogP contribution in [0.4, 0.5) is 17.1 Å². The van der Waals surface area contributed by atoms with Crippen molar-refractivity contribution in [2.45, 2.75) is 33.9 Å². The molecule has 34 heavy (non-hydrogen) atoms. The second kappa shape index (κ2) is 9.09. The highest BCUT2D eigenvalue weighted by Gasteiger charge is 2.50. The first-order valence-electron chi connectivity index (χ1n) is 10.7. The van der Waals surface area contributed by atoms with Crippen molar-refractivity contribution in [1.82, 2.24) is 0 Å². The summed E-state index contributed by atoms with van der Waals surface area (Å²) in [7, 11) is 0. The van der Waals surface area contributed by atoms with Gasteiger partial charge in [-0.2, -0.15) is 0 Å². The molecule has 0 saturated heterocycles. The lowest BCUT2D eigenvalue weighted by atomic mass is 9.77. The number of anilines is 1. The number of rotatable bonds is 5. The molecular weight excluding hydrogens is 497 g/mol. The van der Waals surface area contributed by atoms with E-state index in [0.717, 1.165) is 16.8 Å². The molecule has 1 aliphatic heterocycles. The zero-order valence-corrected chi connectivity index (χ0v) is 20.0. The van der Waals surface area contributed by atoms with Crippen LogP contribution >= 0.6 is 35.0 Å². The predicted molar refractivity (Wildman–Crippen MR) is 134 cm³/mol. The molecule has 1 aliphatic carbocycles. The van der Waals surface area contributed by atoms with Crippen molar-refractivity contribution in [3.63, 3.8) is 0 Å². The van der Waals surface area contributed by atoms with Crippen molar-refractivity contribution in [2.75, 3.05) is 5.32 Å². The van der Waals surface area contributed by atoms with Crippen molar-refractivity contribution >= 4 is 52.0 Å². The molecule has 10 heteroatoms. The fourth-order valence-corrected chi connectivity index (χ4v) is 7.32. The summed E-state index contributed by atoms with van der Waals surface area (Å²) in [5.41, 5.74) is 2.65. The molecule has 1 N–H and O–H groups in total. The Labute approximate surface area is 209 Å². The summed E-state index contributed by atoms with van der Waals surface area (Å²) in [6.07, 6.45) is 0.682. The van der Waals surface area contributed by atoms with Crippen LogP contribution in [0.3, 0.4) is 0 Å². The quantitative estimate of drug-likeness (QED) is 0.219. The van der Waals surface area contributed by atoms with Crippen molar-refractivity contribution in [1.29, 1.82) is 0 Å². The lowest BCUT2D eigenvalue weighted by Gasteiger charge is -2.38. The third kappa shape index (κ3) is 4.00. The van der Waals surface area contributed by atoms with Gasteiger partial charge in [0.2, 0.25) is 0 Å². The van der Waals surface area contributed by atoms with Gasteiger partial charge in [0.1, 0.15) is 0 Å². The Morgan fingerprint density at radius 3 is 2.50 bits per heavy atom. The standard InChI is InChI=1S/C24H19Cl2N3O4S/c25-17-8-4-7-15-21-16(23(27-24(15)17)13-5-3-6-14(11-13)28(30)31)12-20(22(21)26)34-19-10-2-1-9-18(19)29(32)33/h1-11,16,20-23,27H,12H2/t16-,20+,21-,22+,23-/m0/s1. The van der Waals surface area contributed by atoms with Gasteiger partial charge in [0, 0.05) is 29.4 Å². The average molecular weight is 516 g/mol.